The number of anilines is 1. The predicted octanol–water partition coefficient (Wildman–Crippen LogP) is 3.66. The molecule has 4 rings (SSSR count). The molecule has 4 heteroatoms. The number of benzene rings is 1. The highest BCUT2D eigenvalue weighted by Crippen LogP contribution is 2.37. The van der Waals surface area contributed by atoms with Crippen LogP contribution in [0.2, 0.25) is 0 Å². The molecule has 1 aromatic carbocycles. The number of aromatic nitrogens is 1. The molecule has 22 heavy (non-hydrogen) atoms. The van der Waals surface area contributed by atoms with Crippen molar-refractivity contribution in [1.29, 1.82) is 0 Å². The Hall–Kier alpha value is -2.07. The van der Waals surface area contributed by atoms with Crippen LogP contribution >= 0.6 is 0 Å². The van der Waals surface area contributed by atoms with Crippen LogP contribution in [-0.2, 0) is 0 Å². The minimum atomic E-state index is 0.166. The number of hydrogen-bond acceptors (Lipinski definition) is 3. The van der Waals surface area contributed by atoms with Crippen molar-refractivity contribution < 1.29 is 0 Å². The molecule has 4 nitrogen and oxygen atoms in total. The zero-order valence-electron chi connectivity index (χ0n) is 12.9. The SMILES string of the molecule is Cc1c[nH]c2c1C(N1CCC(c3ccccc3)CC1)N=CN2. The lowest BCUT2D eigenvalue weighted by Crippen LogP contribution is -2.37. The smallest absolute Gasteiger partial charge is 0.133 e. The minimum Gasteiger partial charge on any atom is -0.348 e. The molecule has 2 N–H and O–H groups in total. The van der Waals surface area contributed by atoms with Crippen LogP contribution in [0.15, 0.2) is 41.5 Å². The largest absolute Gasteiger partial charge is 0.348 e. The van der Waals surface area contributed by atoms with Gasteiger partial charge < -0.3 is 10.3 Å². The summed E-state index contributed by atoms with van der Waals surface area (Å²) in [5.41, 5.74) is 4.07. The van der Waals surface area contributed by atoms with E-state index in [1.807, 2.05) is 6.34 Å². The van der Waals surface area contributed by atoms with Crippen molar-refractivity contribution in [1.82, 2.24) is 9.88 Å². The van der Waals surface area contributed by atoms with E-state index in [1.165, 1.54) is 29.5 Å². The molecule has 114 valence electrons. The van der Waals surface area contributed by atoms with E-state index in [4.69, 9.17) is 4.99 Å². The Morgan fingerprint density at radius 2 is 1.91 bits per heavy atom. The molecule has 1 unspecified atom stereocenters. The highest BCUT2D eigenvalue weighted by Gasteiger charge is 2.30. The molecule has 2 aliphatic rings. The van der Waals surface area contributed by atoms with Gasteiger partial charge in [-0.1, -0.05) is 30.3 Å². The summed E-state index contributed by atoms with van der Waals surface area (Å²) in [5.74, 6) is 1.79. The molecule has 0 bridgehead atoms. The first-order valence-corrected chi connectivity index (χ1v) is 8.08. The summed E-state index contributed by atoms with van der Waals surface area (Å²) < 4.78 is 0. The summed E-state index contributed by atoms with van der Waals surface area (Å²) in [4.78, 5) is 10.5. The number of aliphatic imine (C=N–C) groups is 1. The summed E-state index contributed by atoms with van der Waals surface area (Å²) in [6.07, 6.45) is 6.48. The van der Waals surface area contributed by atoms with Crippen LogP contribution in [0.3, 0.4) is 0 Å². The molecular formula is C18H22N4. The van der Waals surface area contributed by atoms with Crippen molar-refractivity contribution in [3.8, 4) is 0 Å². The molecule has 0 spiro atoms. The fraction of sp³-hybridized carbons (Fsp3) is 0.389. The molecule has 3 heterocycles. The number of aryl methyl sites for hydroxylation is 1. The lowest BCUT2D eigenvalue weighted by molar-refractivity contribution is 0.156. The summed E-state index contributed by atoms with van der Waals surface area (Å²) in [6, 6.07) is 10.9. The average molecular weight is 294 g/mol. The number of hydrogen-bond donors (Lipinski definition) is 2. The number of nitrogens with one attached hydrogen (secondary N) is 2. The monoisotopic (exact) mass is 294 g/mol. The molecule has 0 radical (unpaired) electrons. The third-order valence-electron chi connectivity index (χ3n) is 4.96. The average Bonchev–Trinajstić information content (AvgIpc) is 2.97. The van der Waals surface area contributed by atoms with Crippen LogP contribution in [0.1, 0.15) is 41.6 Å². The standard InChI is InChI=1S/C18H22N4/c1-13-11-19-17-16(13)18(21-12-20-17)22-9-7-15(8-10-22)14-5-3-2-4-6-14/h2-6,11-12,15,18-19H,7-10H2,1H3,(H,20,21). The third-order valence-corrected chi connectivity index (χ3v) is 4.96. The van der Waals surface area contributed by atoms with Gasteiger partial charge in [0.1, 0.15) is 12.0 Å². The summed E-state index contributed by atoms with van der Waals surface area (Å²) in [5, 5.41) is 3.21. The van der Waals surface area contributed by atoms with Gasteiger partial charge in [-0.15, -0.1) is 0 Å². The van der Waals surface area contributed by atoms with E-state index in [-0.39, 0.29) is 6.17 Å². The molecule has 2 aliphatic heterocycles. The fourth-order valence-electron chi connectivity index (χ4n) is 3.71. The van der Waals surface area contributed by atoms with Crippen molar-refractivity contribution >= 4 is 12.2 Å². The van der Waals surface area contributed by atoms with Crippen molar-refractivity contribution in [2.45, 2.75) is 31.8 Å². The second kappa shape index (κ2) is 5.61. The number of aromatic amines is 1. The van der Waals surface area contributed by atoms with Gasteiger partial charge in [0.25, 0.3) is 0 Å². The molecule has 0 amide bonds. The van der Waals surface area contributed by atoms with E-state index >= 15 is 0 Å². The maximum absolute atomic E-state index is 4.70. The van der Waals surface area contributed by atoms with Crippen molar-refractivity contribution in [3.05, 3.63) is 53.2 Å². The quantitative estimate of drug-likeness (QED) is 0.888. The Kier molecular flexibility index (Phi) is 3.47. The van der Waals surface area contributed by atoms with Crippen molar-refractivity contribution in [3.63, 3.8) is 0 Å². The van der Waals surface area contributed by atoms with Crippen molar-refractivity contribution in [2.75, 3.05) is 18.4 Å². The number of H-pyrrole nitrogens is 1. The van der Waals surface area contributed by atoms with Gasteiger partial charge >= 0.3 is 0 Å². The maximum atomic E-state index is 4.70. The zero-order valence-corrected chi connectivity index (χ0v) is 12.9. The second-order valence-corrected chi connectivity index (χ2v) is 6.28. The first-order valence-electron chi connectivity index (χ1n) is 8.08. The Bertz CT molecular complexity index is 666. The molecule has 1 fully saturated rings. The highest BCUT2D eigenvalue weighted by molar-refractivity contribution is 5.79. The van der Waals surface area contributed by atoms with Gasteiger partial charge in [0.05, 0.1) is 6.34 Å². The van der Waals surface area contributed by atoms with Gasteiger partial charge in [-0.2, -0.15) is 0 Å². The molecule has 2 aromatic rings. The Labute approximate surface area is 131 Å². The van der Waals surface area contributed by atoms with E-state index in [9.17, 15) is 0 Å². The number of fused-ring (bicyclic) bond motifs is 1. The molecule has 1 atom stereocenters. The Balaban J connectivity index is 1.49. The first kappa shape index (κ1) is 13.6. The molecular weight excluding hydrogens is 272 g/mol. The lowest BCUT2D eigenvalue weighted by Gasteiger charge is -2.37. The van der Waals surface area contributed by atoms with E-state index in [0.29, 0.717) is 5.92 Å². The molecule has 1 aromatic heterocycles. The van der Waals surface area contributed by atoms with Gasteiger partial charge in [-0.3, -0.25) is 9.89 Å². The maximum Gasteiger partial charge on any atom is 0.133 e. The third kappa shape index (κ3) is 2.33. The number of likely N-dealkylation sites (tertiary alicyclic amines) is 1. The van der Waals surface area contributed by atoms with E-state index in [2.05, 4.69) is 58.7 Å². The topological polar surface area (TPSA) is 43.4 Å². The second-order valence-electron chi connectivity index (χ2n) is 6.28. The predicted molar refractivity (Wildman–Crippen MR) is 90.4 cm³/mol. The van der Waals surface area contributed by atoms with Crippen molar-refractivity contribution in [2.24, 2.45) is 4.99 Å². The lowest BCUT2D eigenvalue weighted by atomic mass is 9.89. The van der Waals surface area contributed by atoms with Crippen LogP contribution in [0.25, 0.3) is 0 Å². The first-order chi connectivity index (χ1) is 10.8. The summed E-state index contributed by atoms with van der Waals surface area (Å²) in [7, 11) is 0. The van der Waals surface area contributed by atoms with E-state index in [1.54, 1.807) is 0 Å². The Morgan fingerprint density at radius 1 is 1.14 bits per heavy atom. The van der Waals surface area contributed by atoms with Gasteiger partial charge in [-0.25, -0.2) is 0 Å². The van der Waals surface area contributed by atoms with Crippen LogP contribution in [0.4, 0.5) is 5.82 Å². The molecule has 1 saturated heterocycles. The fourth-order valence-corrected chi connectivity index (χ4v) is 3.71. The normalized spacial score (nSPS) is 22.3. The number of piperidine rings is 1. The number of rotatable bonds is 2. The van der Waals surface area contributed by atoms with Gasteiger partial charge in [0.2, 0.25) is 0 Å². The molecule has 0 saturated carbocycles. The van der Waals surface area contributed by atoms with Crippen LogP contribution in [0, 0.1) is 6.92 Å². The highest BCUT2D eigenvalue weighted by atomic mass is 15.3. The van der Waals surface area contributed by atoms with E-state index < -0.39 is 0 Å². The minimum absolute atomic E-state index is 0.166. The zero-order chi connectivity index (χ0) is 14.9. The van der Waals surface area contributed by atoms with Crippen LogP contribution in [0.5, 0.6) is 0 Å². The van der Waals surface area contributed by atoms with Gasteiger partial charge in [0, 0.05) is 24.8 Å². The van der Waals surface area contributed by atoms with Crippen LogP contribution < -0.4 is 5.32 Å². The van der Waals surface area contributed by atoms with Gasteiger partial charge in [-0.05, 0) is 36.8 Å². The number of nitrogens with zero attached hydrogens (tertiary/aromatic N) is 2. The van der Waals surface area contributed by atoms with Crippen LogP contribution in [-0.4, -0.2) is 29.3 Å². The Morgan fingerprint density at radius 3 is 2.68 bits per heavy atom. The summed E-state index contributed by atoms with van der Waals surface area (Å²) in [6.45, 7) is 4.36. The molecule has 0 aliphatic carbocycles. The van der Waals surface area contributed by atoms with E-state index in [0.717, 1.165) is 18.9 Å². The van der Waals surface area contributed by atoms with Gasteiger partial charge in [0.15, 0.2) is 0 Å². The summed E-state index contributed by atoms with van der Waals surface area (Å²) >= 11 is 0.